The van der Waals surface area contributed by atoms with Gasteiger partial charge in [-0.05, 0) is 36.2 Å². The van der Waals surface area contributed by atoms with Crippen molar-refractivity contribution in [2.45, 2.75) is 19.9 Å². The molecule has 6 heteroatoms. The molecule has 0 aliphatic heterocycles. The Morgan fingerprint density at radius 3 is 2.63 bits per heavy atom. The Hall–Kier alpha value is -2.92. The number of para-hydroxylation sites is 1. The van der Waals surface area contributed by atoms with Gasteiger partial charge in [-0.25, -0.2) is 4.39 Å². The third-order valence-electron chi connectivity index (χ3n) is 4.28. The van der Waals surface area contributed by atoms with Crippen molar-refractivity contribution in [1.29, 1.82) is 0 Å². The summed E-state index contributed by atoms with van der Waals surface area (Å²) in [5.74, 6) is -0.842. The number of hydrogen-bond acceptors (Lipinski definition) is 2. The molecule has 0 saturated heterocycles. The quantitative estimate of drug-likeness (QED) is 0.704. The van der Waals surface area contributed by atoms with Crippen LogP contribution in [0.25, 0.3) is 0 Å². The highest BCUT2D eigenvalue weighted by atomic mass is 35.5. The van der Waals surface area contributed by atoms with E-state index in [0.717, 1.165) is 17.7 Å². The lowest BCUT2D eigenvalue weighted by molar-refractivity contribution is 0.102. The van der Waals surface area contributed by atoms with Crippen LogP contribution in [0.4, 0.5) is 10.1 Å². The molecular formula is C21H18ClFN2O2. The van der Waals surface area contributed by atoms with Crippen molar-refractivity contribution in [3.63, 3.8) is 0 Å². The minimum absolute atomic E-state index is 0.0585. The number of aryl methyl sites for hydroxylation is 1. The molecule has 0 aliphatic rings. The maximum atomic E-state index is 14.0. The highest BCUT2D eigenvalue weighted by molar-refractivity contribution is 6.31. The molecule has 3 rings (SSSR count). The molecule has 0 atom stereocenters. The van der Waals surface area contributed by atoms with E-state index in [1.165, 1.54) is 35.0 Å². The van der Waals surface area contributed by atoms with E-state index in [1.54, 1.807) is 6.07 Å². The van der Waals surface area contributed by atoms with Gasteiger partial charge in [0.15, 0.2) is 0 Å². The molecule has 0 bridgehead atoms. The van der Waals surface area contributed by atoms with E-state index in [4.69, 9.17) is 11.6 Å². The van der Waals surface area contributed by atoms with E-state index in [1.807, 2.05) is 31.2 Å². The molecule has 1 heterocycles. The zero-order chi connectivity index (χ0) is 19.4. The molecule has 1 amide bonds. The van der Waals surface area contributed by atoms with Gasteiger partial charge in [-0.15, -0.1) is 0 Å². The molecule has 4 nitrogen and oxygen atoms in total. The molecule has 0 radical (unpaired) electrons. The van der Waals surface area contributed by atoms with Crippen molar-refractivity contribution >= 4 is 23.2 Å². The molecule has 0 unspecified atom stereocenters. The summed E-state index contributed by atoms with van der Waals surface area (Å²) < 4.78 is 15.3. The monoisotopic (exact) mass is 384 g/mol. The van der Waals surface area contributed by atoms with Crippen molar-refractivity contribution in [3.05, 3.63) is 98.7 Å². The lowest BCUT2D eigenvalue weighted by Gasteiger charge is -2.12. The van der Waals surface area contributed by atoms with Crippen molar-refractivity contribution in [1.82, 2.24) is 4.57 Å². The minimum atomic E-state index is -0.499. The smallest absolute Gasteiger partial charge is 0.257 e. The maximum absolute atomic E-state index is 14.0. The number of rotatable bonds is 5. The van der Waals surface area contributed by atoms with E-state index in [9.17, 15) is 14.0 Å². The second-order valence-electron chi connectivity index (χ2n) is 6.05. The van der Waals surface area contributed by atoms with Gasteiger partial charge in [0.1, 0.15) is 5.82 Å². The molecule has 0 spiro atoms. The summed E-state index contributed by atoms with van der Waals surface area (Å²) in [5.41, 5.74) is 1.89. The van der Waals surface area contributed by atoms with Gasteiger partial charge in [0.25, 0.3) is 11.5 Å². The number of hydrogen-bond donors (Lipinski definition) is 1. The number of aromatic nitrogens is 1. The second-order valence-corrected chi connectivity index (χ2v) is 6.46. The first kappa shape index (κ1) is 18.9. The minimum Gasteiger partial charge on any atom is -0.322 e. The molecule has 2 aromatic carbocycles. The normalized spacial score (nSPS) is 10.6. The molecule has 0 fully saturated rings. The molecule has 27 heavy (non-hydrogen) atoms. The SMILES string of the molecule is CCc1ccccc1NC(=O)c1ccc(=O)n(Cc2c(F)cccc2Cl)c1. The van der Waals surface area contributed by atoms with Crippen LogP contribution in [0.5, 0.6) is 0 Å². The van der Waals surface area contributed by atoms with Crippen molar-refractivity contribution < 1.29 is 9.18 Å². The van der Waals surface area contributed by atoms with Crippen LogP contribution in [0.15, 0.2) is 65.6 Å². The van der Waals surface area contributed by atoms with Gasteiger partial charge in [0, 0.05) is 28.5 Å². The Kier molecular flexibility index (Phi) is 5.72. The first-order valence-electron chi connectivity index (χ1n) is 8.52. The number of anilines is 1. The number of amides is 1. The highest BCUT2D eigenvalue weighted by Crippen LogP contribution is 2.20. The molecule has 138 valence electrons. The molecule has 3 aromatic rings. The Balaban J connectivity index is 1.89. The Labute approximate surface area is 161 Å². The largest absolute Gasteiger partial charge is 0.322 e. The van der Waals surface area contributed by atoms with Crippen LogP contribution < -0.4 is 10.9 Å². The summed E-state index contributed by atoms with van der Waals surface area (Å²) in [6, 6.07) is 14.6. The van der Waals surface area contributed by atoms with Gasteiger partial charge >= 0.3 is 0 Å². The average Bonchev–Trinajstić information content (AvgIpc) is 2.66. The van der Waals surface area contributed by atoms with E-state index in [2.05, 4.69) is 5.32 Å². The fourth-order valence-electron chi connectivity index (χ4n) is 2.79. The molecule has 1 N–H and O–H groups in total. The number of pyridine rings is 1. The molecule has 0 aliphatic carbocycles. The number of halogens is 2. The van der Waals surface area contributed by atoms with Crippen molar-refractivity contribution in [3.8, 4) is 0 Å². The van der Waals surface area contributed by atoms with Gasteiger partial charge in [0.2, 0.25) is 0 Å². The Morgan fingerprint density at radius 1 is 1.11 bits per heavy atom. The van der Waals surface area contributed by atoms with Crippen molar-refractivity contribution in [2.24, 2.45) is 0 Å². The van der Waals surface area contributed by atoms with E-state index >= 15 is 0 Å². The Bertz CT molecular complexity index is 1030. The van der Waals surface area contributed by atoms with Crippen LogP contribution in [-0.2, 0) is 13.0 Å². The maximum Gasteiger partial charge on any atom is 0.257 e. The summed E-state index contributed by atoms with van der Waals surface area (Å²) in [4.78, 5) is 24.8. The van der Waals surface area contributed by atoms with E-state index in [0.29, 0.717) is 5.56 Å². The lowest BCUT2D eigenvalue weighted by Crippen LogP contribution is -2.23. The summed E-state index contributed by atoms with van der Waals surface area (Å²) in [6.07, 6.45) is 2.19. The van der Waals surface area contributed by atoms with E-state index in [-0.39, 0.29) is 28.6 Å². The van der Waals surface area contributed by atoms with Gasteiger partial charge < -0.3 is 9.88 Å². The highest BCUT2D eigenvalue weighted by Gasteiger charge is 2.12. The number of benzene rings is 2. The van der Waals surface area contributed by atoms with Crippen LogP contribution in [-0.4, -0.2) is 10.5 Å². The summed E-state index contributed by atoms with van der Waals surface area (Å²) in [5, 5.41) is 3.09. The van der Waals surface area contributed by atoms with Gasteiger partial charge in [-0.3, -0.25) is 9.59 Å². The topological polar surface area (TPSA) is 51.1 Å². The average molecular weight is 385 g/mol. The number of nitrogens with zero attached hydrogens (tertiary/aromatic N) is 1. The number of carbonyl (C=O) groups is 1. The molecule has 1 aromatic heterocycles. The van der Waals surface area contributed by atoms with E-state index < -0.39 is 5.82 Å². The molecular weight excluding hydrogens is 367 g/mol. The van der Waals surface area contributed by atoms with Gasteiger partial charge in [-0.1, -0.05) is 42.8 Å². The predicted octanol–water partition coefficient (Wildman–Crippen LogP) is 4.50. The first-order chi connectivity index (χ1) is 13.0. The third kappa shape index (κ3) is 4.26. The summed E-state index contributed by atoms with van der Waals surface area (Å²) in [6.45, 7) is 1.94. The first-order valence-corrected chi connectivity index (χ1v) is 8.90. The number of nitrogens with one attached hydrogen (secondary N) is 1. The lowest BCUT2D eigenvalue weighted by atomic mass is 10.1. The predicted molar refractivity (Wildman–Crippen MR) is 105 cm³/mol. The van der Waals surface area contributed by atoms with Crippen LogP contribution in [0.1, 0.15) is 28.4 Å². The van der Waals surface area contributed by atoms with Crippen LogP contribution in [0.2, 0.25) is 5.02 Å². The molecule has 0 saturated carbocycles. The van der Waals surface area contributed by atoms with Crippen LogP contribution in [0, 0.1) is 5.82 Å². The third-order valence-corrected chi connectivity index (χ3v) is 4.64. The second kappa shape index (κ2) is 8.18. The standard InChI is InChI=1S/C21H18ClFN2O2/c1-2-14-6-3-4-9-19(14)24-21(27)15-10-11-20(26)25(12-15)13-16-17(22)7-5-8-18(16)23/h3-12H,2,13H2,1H3,(H,24,27). The summed E-state index contributed by atoms with van der Waals surface area (Å²) >= 11 is 6.04. The van der Waals surface area contributed by atoms with Crippen LogP contribution >= 0.6 is 11.6 Å². The summed E-state index contributed by atoms with van der Waals surface area (Å²) in [7, 11) is 0. The zero-order valence-corrected chi connectivity index (χ0v) is 15.5. The van der Waals surface area contributed by atoms with Gasteiger partial charge in [0.05, 0.1) is 12.1 Å². The van der Waals surface area contributed by atoms with Crippen molar-refractivity contribution in [2.75, 3.05) is 5.32 Å². The zero-order valence-electron chi connectivity index (χ0n) is 14.7. The fourth-order valence-corrected chi connectivity index (χ4v) is 3.01. The Morgan fingerprint density at radius 2 is 1.89 bits per heavy atom. The van der Waals surface area contributed by atoms with Crippen LogP contribution in [0.3, 0.4) is 0 Å². The fraction of sp³-hybridized carbons (Fsp3) is 0.143. The van der Waals surface area contributed by atoms with Gasteiger partial charge in [-0.2, -0.15) is 0 Å². The number of carbonyl (C=O) groups excluding carboxylic acids is 1.